The predicted molar refractivity (Wildman–Crippen MR) is 140 cm³/mol. The van der Waals surface area contributed by atoms with Crippen LogP contribution in [0.15, 0.2) is 41.4 Å². The summed E-state index contributed by atoms with van der Waals surface area (Å²) in [6.07, 6.45) is -6.07. The quantitative estimate of drug-likeness (QED) is 0.267. The van der Waals surface area contributed by atoms with E-state index in [2.05, 4.69) is 20.9 Å². The van der Waals surface area contributed by atoms with Gasteiger partial charge in [0.2, 0.25) is 0 Å². The van der Waals surface area contributed by atoms with E-state index in [1.807, 2.05) is 0 Å². The Morgan fingerprint density at radius 2 is 1.93 bits per heavy atom. The van der Waals surface area contributed by atoms with E-state index in [-0.39, 0.29) is 54.4 Å². The van der Waals surface area contributed by atoms with E-state index in [0.717, 1.165) is 12.1 Å². The summed E-state index contributed by atoms with van der Waals surface area (Å²) >= 11 is 5.89. The molecule has 0 bridgehead atoms. The highest BCUT2D eigenvalue weighted by Gasteiger charge is 2.32. The maximum Gasteiger partial charge on any atom is 0.416 e. The van der Waals surface area contributed by atoms with E-state index < -0.39 is 48.0 Å². The number of ketones is 1. The van der Waals surface area contributed by atoms with Crippen LogP contribution in [0, 0.1) is 0 Å². The van der Waals surface area contributed by atoms with Crippen LogP contribution in [0.2, 0.25) is 5.02 Å². The Morgan fingerprint density at radius 3 is 2.58 bits per heavy atom. The van der Waals surface area contributed by atoms with Crippen LogP contribution in [0.1, 0.15) is 47.2 Å². The number of alkyl halides is 3. The van der Waals surface area contributed by atoms with Crippen LogP contribution >= 0.6 is 11.6 Å². The fourth-order valence-corrected chi connectivity index (χ4v) is 4.18. The number of aromatic hydroxyl groups is 1. The lowest BCUT2D eigenvalue weighted by atomic mass is 9.89. The number of halogens is 4. The largest absolute Gasteiger partial charge is 0.508 e. The third kappa shape index (κ3) is 9.12. The van der Waals surface area contributed by atoms with Crippen LogP contribution in [-0.4, -0.2) is 66.2 Å². The van der Waals surface area contributed by atoms with Gasteiger partial charge in [-0.1, -0.05) is 11.6 Å². The van der Waals surface area contributed by atoms with E-state index in [4.69, 9.17) is 16.3 Å². The molecule has 3 rings (SSSR count). The van der Waals surface area contributed by atoms with Gasteiger partial charge in [0, 0.05) is 41.2 Å². The Bertz CT molecular complexity index is 1290. The van der Waals surface area contributed by atoms with Gasteiger partial charge in [-0.3, -0.25) is 19.4 Å². The van der Waals surface area contributed by atoms with Crippen LogP contribution in [-0.2, 0) is 20.5 Å². The number of ether oxygens (including phenoxy) is 1. The summed E-state index contributed by atoms with van der Waals surface area (Å²) < 4.78 is 44.9. The van der Waals surface area contributed by atoms with Gasteiger partial charge in [0.1, 0.15) is 5.75 Å². The van der Waals surface area contributed by atoms with Crippen LogP contribution in [0.25, 0.3) is 0 Å². The van der Waals surface area contributed by atoms with E-state index in [1.165, 1.54) is 24.3 Å². The first-order chi connectivity index (χ1) is 18.8. The topological polar surface area (TPSA) is 149 Å². The molecule has 0 aliphatic carbocycles. The second kappa shape index (κ2) is 13.5. The maximum absolute atomic E-state index is 13.3. The number of hydrogen-bond donors (Lipinski definition) is 5. The number of aliphatic imine (C=N–C) groups is 1. The van der Waals surface area contributed by atoms with E-state index in [9.17, 15) is 37.8 Å². The summed E-state index contributed by atoms with van der Waals surface area (Å²) in [4.78, 5) is 41.7. The molecule has 2 atom stereocenters. The number of phenolic OH excluding ortho intramolecular Hbond substituents is 1. The van der Waals surface area contributed by atoms with Crippen molar-refractivity contribution in [3.63, 3.8) is 0 Å². The summed E-state index contributed by atoms with van der Waals surface area (Å²) in [7, 11) is 0. The zero-order valence-electron chi connectivity index (χ0n) is 21.3. The van der Waals surface area contributed by atoms with Crippen molar-refractivity contribution in [1.29, 1.82) is 0 Å². The van der Waals surface area contributed by atoms with Gasteiger partial charge in [0.05, 0.1) is 37.8 Å². The number of carbonyl (C=O) groups excluding carboxylic acids is 3. The molecule has 40 heavy (non-hydrogen) atoms. The van der Waals surface area contributed by atoms with Crippen LogP contribution < -0.4 is 16.0 Å². The number of nitrogens with zero attached hydrogens (tertiary/aromatic N) is 1. The van der Waals surface area contributed by atoms with Crippen LogP contribution in [0.3, 0.4) is 0 Å². The molecule has 2 aromatic carbocycles. The van der Waals surface area contributed by atoms with Gasteiger partial charge in [0.15, 0.2) is 11.7 Å². The highest BCUT2D eigenvalue weighted by molar-refractivity contribution is 6.30. The molecule has 1 amide bonds. The highest BCUT2D eigenvalue weighted by Crippen LogP contribution is 2.35. The first-order valence-electron chi connectivity index (χ1n) is 12.2. The number of guanidine groups is 1. The number of benzene rings is 2. The summed E-state index contributed by atoms with van der Waals surface area (Å²) in [5, 5.41) is 27.5. The fraction of sp³-hybridized carbons (Fsp3) is 0.385. The summed E-state index contributed by atoms with van der Waals surface area (Å²) in [5.74, 6) is -2.86. The molecule has 0 aromatic heterocycles. The molecular weight excluding hydrogens is 557 g/mol. The fourth-order valence-electron chi connectivity index (χ4n) is 3.94. The van der Waals surface area contributed by atoms with Gasteiger partial charge >= 0.3 is 12.1 Å². The molecule has 0 spiro atoms. The number of anilines is 1. The molecule has 10 nitrogen and oxygen atoms in total. The smallest absolute Gasteiger partial charge is 0.416 e. The van der Waals surface area contributed by atoms with Gasteiger partial charge < -0.3 is 30.9 Å². The average Bonchev–Trinajstić information content (AvgIpc) is 2.87. The summed E-state index contributed by atoms with van der Waals surface area (Å²) in [5.41, 5.74) is -0.666. The Morgan fingerprint density at radius 1 is 1.18 bits per heavy atom. The van der Waals surface area contributed by atoms with Crippen molar-refractivity contribution < 1.29 is 42.5 Å². The molecule has 0 saturated heterocycles. The second-order valence-corrected chi connectivity index (χ2v) is 9.46. The number of Topliss-reactive ketones (excluding diaryl/α,β-unsaturated/α-hetero) is 1. The third-order valence-electron chi connectivity index (χ3n) is 5.77. The number of β-amino-alcohol motifs (C(OH)–C–C–N with tert-alkyl or cyclic N) is 1. The van der Waals surface area contributed by atoms with Crippen molar-refractivity contribution in [2.45, 2.75) is 38.0 Å². The summed E-state index contributed by atoms with van der Waals surface area (Å²) in [6, 6.07) is 6.75. The van der Waals surface area contributed by atoms with E-state index >= 15 is 0 Å². The standard InChI is InChI=1S/C26H28ClF3N4O6/c1-2-40-23(38)8-15(14-3-17(26(28,29)30)9-18(27)4-14)6-21(36)11-31-24(39)16-5-19(10-20(35)7-16)34-25-32-12-22(37)13-33-25/h3-5,7,9-10,15,22,35,37H,2,6,8,11-13H2,1H3,(H,31,39)(H2,32,33,34)/t15-/m0/s1. The monoisotopic (exact) mass is 584 g/mol. The first-order valence-corrected chi connectivity index (χ1v) is 12.6. The Balaban J connectivity index is 1.70. The Kier molecular flexibility index (Phi) is 10.3. The highest BCUT2D eigenvalue weighted by atomic mass is 35.5. The molecule has 0 fully saturated rings. The number of carbonyl (C=O) groups is 3. The molecule has 1 unspecified atom stereocenters. The lowest BCUT2D eigenvalue weighted by Crippen LogP contribution is -2.42. The van der Waals surface area contributed by atoms with Crippen molar-refractivity contribution in [1.82, 2.24) is 10.6 Å². The van der Waals surface area contributed by atoms with E-state index in [0.29, 0.717) is 11.6 Å². The van der Waals surface area contributed by atoms with E-state index in [1.54, 1.807) is 6.92 Å². The third-order valence-corrected chi connectivity index (χ3v) is 5.98. The molecular formula is C26H28ClF3N4O6. The zero-order chi connectivity index (χ0) is 29.4. The van der Waals surface area contributed by atoms with Crippen molar-refractivity contribution >= 4 is 40.9 Å². The molecule has 0 radical (unpaired) electrons. The second-order valence-electron chi connectivity index (χ2n) is 9.02. The molecule has 0 saturated carbocycles. The van der Waals surface area contributed by atoms with Gasteiger partial charge in [-0.15, -0.1) is 0 Å². The van der Waals surface area contributed by atoms with Crippen molar-refractivity contribution in [2.75, 3.05) is 31.6 Å². The molecule has 14 heteroatoms. The van der Waals surface area contributed by atoms with Gasteiger partial charge in [-0.05, 0) is 42.8 Å². The normalized spacial score (nSPS) is 15.8. The van der Waals surface area contributed by atoms with Crippen molar-refractivity contribution in [3.05, 3.63) is 58.1 Å². The van der Waals surface area contributed by atoms with Crippen molar-refractivity contribution in [3.8, 4) is 5.75 Å². The van der Waals surface area contributed by atoms with Gasteiger partial charge in [-0.25, -0.2) is 0 Å². The molecule has 1 aliphatic rings. The molecule has 2 aromatic rings. The number of phenols is 1. The lowest BCUT2D eigenvalue weighted by molar-refractivity contribution is -0.143. The van der Waals surface area contributed by atoms with Gasteiger partial charge in [-0.2, -0.15) is 13.2 Å². The zero-order valence-corrected chi connectivity index (χ0v) is 22.1. The number of aliphatic hydroxyl groups excluding tert-OH is 1. The number of esters is 1. The molecule has 1 heterocycles. The Hall–Kier alpha value is -3.84. The minimum Gasteiger partial charge on any atom is -0.508 e. The minimum atomic E-state index is -4.69. The van der Waals surface area contributed by atoms with Crippen LogP contribution in [0.4, 0.5) is 18.9 Å². The Labute approximate surface area is 232 Å². The number of hydrogen-bond acceptors (Lipinski definition) is 9. The number of rotatable bonds is 10. The maximum atomic E-state index is 13.3. The number of amides is 1. The SMILES string of the molecule is CCOC(=O)C[C@H](CC(=O)CNC(=O)c1cc(O)cc(NC2=NCC(O)CN2)c1)c1cc(Cl)cc(C(F)(F)F)c1. The average molecular weight is 585 g/mol. The lowest BCUT2D eigenvalue weighted by Gasteiger charge is -2.20. The van der Waals surface area contributed by atoms with Crippen molar-refractivity contribution in [2.24, 2.45) is 4.99 Å². The number of aliphatic hydroxyl groups is 1. The first kappa shape index (κ1) is 30.7. The molecule has 1 aliphatic heterocycles. The van der Waals surface area contributed by atoms with Gasteiger partial charge in [0.25, 0.3) is 5.91 Å². The van der Waals surface area contributed by atoms with Crippen LogP contribution in [0.5, 0.6) is 5.75 Å². The molecule has 5 N–H and O–H groups in total. The predicted octanol–water partition coefficient (Wildman–Crippen LogP) is 3.22. The summed E-state index contributed by atoms with van der Waals surface area (Å²) in [6.45, 7) is 1.57. The minimum absolute atomic E-state index is 0.0134. The molecule has 216 valence electrons. The number of nitrogens with one attached hydrogen (secondary N) is 3.